The summed E-state index contributed by atoms with van der Waals surface area (Å²) in [5.74, 6) is -0.850. The lowest BCUT2D eigenvalue weighted by molar-refractivity contribution is 0.103. The molecule has 1 amide bonds. The lowest BCUT2D eigenvalue weighted by Crippen LogP contribution is -2.10. The van der Waals surface area contributed by atoms with E-state index >= 15 is 0 Å². The number of rotatable bonds is 2. The normalized spacial score (nSPS) is 11.2. The molecule has 4 rings (SSSR count). The number of carbonyl (C=O) groups is 1. The summed E-state index contributed by atoms with van der Waals surface area (Å²) >= 11 is 13.4. The predicted molar refractivity (Wildman–Crippen MR) is 106 cm³/mol. The number of amides is 1. The van der Waals surface area contributed by atoms with Crippen LogP contribution in [0.15, 0.2) is 42.5 Å². The lowest BCUT2D eigenvalue weighted by Gasteiger charge is -2.04. The first-order valence-corrected chi connectivity index (χ1v) is 9.25. The molecule has 0 bridgehead atoms. The summed E-state index contributed by atoms with van der Waals surface area (Å²) in [6.45, 7) is 2.00. The predicted octanol–water partition coefficient (Wildman–Crippen LogP) is 6.46. The van der Waals surface area contributed by atoms with Gasteiger partial charge in [0.25, 0.3) is 5.91 Å². The van der Waals surface area contributed by atoms with Crippen molar-refractivity contribution in [2.75, 3.05) is 5.32 Å². The Morgan fingerprint density at radius 3 is 2.69 bits per heavy atom. The highest BCUT2D eigenvalue weighted by atomic mass is 35.5. The van der Waals surface area contributed by atoms with Crippen molar-refractivity contribution in [2.24, 2.45) is 0 Å². The van der Waals surface area contributed by atoms with Gasteiger partial charge in [-0.1, -0.05) is 34.8 Å². The van der Waals surface area contributed by atoms with E-state index in [0.29, 0.717) is 15.7 Å². The summed E-state index contributed by atoms with van der Waals surface area (Å²) in [6.07, 6.45) is 0. The highest BCUT2D eigenvalue weighted by molar-refractivity contribution is 7.22. The van der Waals surface area contributed by atoms with Crippen LogP contribution in [0, 0.1) is 12.7 Å². The minimum absolute atomic E-state index is 0.0483. The van der Waals surface area contributed by atoms with E-state index in [1.54, 1.807) is 6.07 Å². The molecular formula is C19H11Cl2FN2OS. The number of halogens is 3. The fourth-order valence-corrected chi connectivity index (χ4v) is 4.27. The zero-order chi connectivity index (χ0) is 18.4. The quantitative estimate of drug-likeness (QED) is 0.389. The van der Waals surface area contributed by atoms with Gasteiger partial charge in [-0.15, -0.1) is 11.3 Å². The Balaban J connectivity index is 1.78. The maximum Gasteiger partial charge on any atom is 0.265 e. The van der Waals surface area contributed by atoms with Gasteiger partial charge in [0.15, 0.2) is 0 Å². The van der Waals surface area contributed by atoms with Crippen LogP contribution in [0.1, 0.15) is 15.2 Å². The molecule has 0 spiro atoms. The molecule has 2 heterocycles. The molecule has 26 heavy (non-hydrogen) atoms. The third-order valence-corrected chi connectivity index (χ3v) is 5.72. The number of carbonyl (C=O) groups excluding carboxylic acids is 1. The third-order valence-electron chi connectivity index (χ3n) is 3.97. The van der Waals surface area contributed by atoms with Crippen molar-refractivity contribution in [3.8, 4) is 0 Å². The summed E-state index contributed by atoms with van der Waals surface area (Å²) in [6, 6.07) is 11.7. The van der Waals surface area contributed by atoms with Crippen LogP contribution < -0.4 is 5.32 Å². The molecule has 4 aromatic rings. The highest BCUT2D eigenvalue weighted by Gasteiger charge is 2.16. The molecule has 130 valence electrons. The molecular weight excluding hydrogens is 394 g/mol. The smallest absolute Gasteiger partial charge is 0.265 e. The van der Waals surface area contributed by atoms with Gasteiger partial charge < -0.3 is 5.32 Å². The second-order valence-corrected chi connectivity index (χ2v) is 7.68. The third kappa shape index (κ3) is 3.03. The Labute approximate surface area is 162 Å². The van der Waals surface area contributed by atoms with E-state index in [1.165, 1.54) is 29.5 Å². The van der Waals surface area contributed by atoms with E-state index < -0.39 is 5.82 Å². The van der Waals surface area contributed by atoms with E-state index in [2.05, 4.69) is 10.3 Å². The zero-order valence-corrected chi connectivity index (χ0v) is 15.8. The van der Waals surface area contributed by atoms with Crippen LogP contribution in [0.4, 0.5) is 10.1 Å². The van der Waals surface area contributed by atoms with Gasteiger partial charge in [0.2, 0.25) is 0 Å². The zero-order valence-electron chi connectivity index (χ0n) is 13.4. The van der Waals surface area contributed by atoms with E-state index in [9.17, 15) is 9.18 Å². The highest BCUT2D eigenvalue weighted by Crippen LogP contribution is 2.36. The maximum absolute atomic E-state index is 13.3. The number of anilines is 1. The Morgan fingerprint density at radius 1 is 1.12 bits per heavy atom. The number of aromatic nitrogens is 1. The monoisotopic (exact) mass is 404 g/mol. The summed E-state index contributed by atoms with van der Waals surface area (Å²) in [4.78, 5) is 17.5. The van der Waals surface area contributed by atoms with Crippen LogP contribution in [0.25, 0.3) is 21.0 Å². The molecule has 0 saturated carbocycles. The fourth-order valence-electron chi connectivity index (χ4n) is 2.72. The molecule has 0 unspecified atom stereocenters. The molecule has 1 N–H and O–H groups in total. The van der Waals surface area contributed by atoms with Crippen LogP contribution >= 0.6 is 34.5 Å². The van der Waals surface area contributed by atoms with Gasteiger partial charge in [0.1, 0.15) is 11.0 Å². The van der Waals surface area contributed by atoms with Crippen molar-refractivity contribution in [1.82, 2.24) is 4.98 Å². The molecule has 2 aromatic carbocycles. The Hall–Kier alpha value is -2.21. The number of aryl methyl sites for hydroxylation is 1. The van der Waals surface area contributed by atoms with Crippen molar-refractivity contribution < 1.29 is 9.18 Å². The van der Waals surface area contributed by atoms with Crippen molar-refractivity contribution in [3.05, 3.63) is 68.9 Å². The number of benzene rings is 2. The summed E-state index contributed by atoms with van der Waals surface area (Å²) in [5, 5.41) is 4.72. The fraction of sp³-hybridized carbons (Fsp3) is 0.0526. The Kier molecular flexibility index (Phi) is 4.31. The molecule has 0 saturated heterocycles. The average molecular weight is 405 g/mol. The molecule has 7 heteroatoms. The van der Waals surface area contributed by atoms with E-state index in [4.69, 9.17) is 23.2 Å². The number of pyridine rings is 1. The Morgan fingerprint density at radius 2 is 1.92 bits per heavy atom. The van der Waals surface area contributed by atoms with Crippen LogP contribution in [0.5, 0.6) is 0 Å². The van der Waals surface area contributed by atoms with E-state index in [0.717, 1.165) is 26.6 Å². The number of fused-ring (bicyclic) bond motifs is 3. The topological polar surface area (TPSA) is 42.0 Å². The number of hydrogen-bond acceptors (Lipinski definition) is 3. The van der Waals surface area contributed by atoms with Crippen LogP contribution in [0.2, 0.25) is 10.2 Å². The summed E-state index contributed by atoms with van der Waals surface area (Å²) in [5.41, 5.74) is 2.30. The second-order valence-electron chi connectivity index (χ2n) is 5.86. The molecule has 0 radical (unpaired) electrons. The van der Waals surface area contributed by atoms with Crippen molar-refractivity contribution in [3.63, 3.8) is 0 Å². The first kappa shape index (κ1) is 17.2. The van der Waals surface area contributed by atoms with Crippen molar-refractivity contribution >= 4 is 67.1 Å². The number of thiophene rings is 1. The van der Waals surface area contributed by atoms with Crippen LogP contribution in [-0.2, 0) is 0 Å². The summed E-state index contributed by atoms with van der Waals surface area (Å²) < 4.78 is 14.2. The van der Waals surface area contributed by atoms with Crippen molar-refractivity contribution in [2.45, 2.75) is 6.92 Å². The van der Waals surface area contributed by atoms with Gasteiger partial charge in [0, 0.05) is 21.2 Å². The van der Waals surface area contributed by atoms with Gasteiger partial charge in [-0.3, -0.25) is 4.79 Å². The van der Waals surface area contributed by atoms with Crippen LogP contribution in [-0.4, -0.2) is 10.9 Å². The first-order chi connectivity index (χ1) is 12.4. The average Bonchev–Trinajstić information content (AvgIpc) is 3.05. The van der Waals surface area contributed by atoms with E-state index in [-0.39, 0.29) is 10.9 Å². The molecule has 0 aliphatic rings. The van der Waals surface area contributed by atoms with E-state index in [1.807, 2.05) is 25.1 Å². The maximum atomic E-state index is 13.3. The van der Waals surface area contributed by atoms with Gasteiger partial charge in [-0.05, 0) is 43.3 Å². The molecule has 2 aromatic heterocycles. The number of hydrogen-bond donors (Lipinski definition) is 1. The van der Waals surface area contributed by atoms with Crippen LogP contribution in [0.3, 0.4) is 0 Å². The minimum atomic E-state index is -0.536. The van der Waals surface area contributed by atoms with Gasteiger partial charge >= 0.3 is 0 Å². The first-order valence-electron chi connectivity index (χ1n) is 7.68. The Bertz CT molecular complexity index is 1190. The summed E-state index contributed by atoms with van der Waals surface area (Å²) in [7, 11) is 0. The van der Waals surface area contributed by atoms with Gasteiger partial charge in [-0.25, -0.2) is 9.37 Å². The number of nitrogens with zero attached hydrogens (tertiary/aromatic N) is 1. The molecule has 0 atom stereocenters. The molecule has 0 fully saturated rings. The lowest BCUT2D eigenvalue weighted by atomic mass is 10.1. The molecule has 3 nitrogen and oxygen atoms in total. The SMILES string of the molecule is Cc1ccc2nc(Cl)c3cc(C(=O)Nc4ccc(F)c(Cl)c4)sc3c2c1. The molecule has 0 aliphatic carbocycles. The number of nitrogens with one attached hydrogen (secondary N) is 1. The second kappa shape index (κ2) is 6.50. The largest absolute Gasteiger partial charge is 0.321 e. The van der Waals surface area contributed by atoms with Gasteiger partial charge in [-0.2, -0.15) is 0 Å². The minimum Gasteiger partial charge on any atom is -0.321 e. The van der Waals surface area contributed by atoms with Gasteiger partial charge in [0.05, 0.1) is 15.4 Å². The van der Waals surface area contributed by atoms with Crippen molar-refractivity contribution in [1.29, 1.82) is 0 Å². The molecule has 0 aliphatic heterocycles. The standard InChI is InChI=1S/C19H11Cl2FN2OS/c1-9-2-5-15-11(6-9)17-12(18(21)24-15)8-16(26-17)19(25)23-10-3-4-14(22)13(20)7-10/h2-8H,1H3,(H,23,25).